The molecule has 0 saturated heterocycles. The van der Waals surface area contributed by atoms with E-state index in [1.54, 1.807) is 7.11 Å². The fraction of sp³-hybridized carbons (Fsp3) is 0.400. The van der Waals surface area contributed by atoms with Crippen molar-refractivity contribution in [2.24, 2.45) is 0 Å². The molecule has 0 radical (unpaired) electrons. The summed E-state index contributed by atoms with van der Waals surface area (Å²) < 4.78 is 16.8. The Morgan fingerprint density at radius 1 is 1.00 bits per heavy atom. The number of hydrogen-bond donors (Lipinski definition) is 1. The van der Waals surface area contributed by atoms with Crippen molar-refractivity contribution in [3.63, 3.8) is 0 Å². The average Bonchev–Trinajstić information content (AvgIpc) is 2.59. The third-order valence-electron chi connectivity index (χ3n) is 3.76. The summed E-state index contributed by atoms with van der Waals surface area (Å²) in [7, 11) is 1.70. The third kappa shape index (κ3) is 5.55. The van der Waals surface area contributed by atoms with Crippen LogP contribution in [0.3, 0.4) is 0 Å². The molecule has 2 aromatic carbocycles. The Morgan fingerprint density at radius 3 is 2.58 bits per heavy atom. The Hall–Kier alpha value is -2.04. The highest BCUT2D eigenvalue weighted by Gasteiger charge is 2.08. The highest BCUT2D eigenvalue weighted by Crippen LogP contribution is 2.29. The van der Waals surface area contributed by atoms with Crippen LogP contribution in [0.1, 0.15) is 23.6 Å². The lowest BCUT2D eigenvalue weighted by Gasteiger charge is -2.14. The third-order valence-corrected chi connectivity index (χ3v) is 3.76. The summed E-state index contributed by atoms with van der Waals surface area (Å²) in [6, 6.07) is 14.3. The zero-order chi connectivity index (χ0) is 17.2. The van der Waals surface area contributed by atoms with Crippen molar-refractivity contribution in [3.8, 4) is 11.5 Å². The van der Waals surface area contributed by atoms with Crippen molar-refractivity contribution in [3.05, 3.63) is 59.2 Å². The van der Waals surface area contributed by atoms with Crippen molar-refractivity contribution >= 4 is 0 Å². The van der Waals surface area contributed by atoms with Gasteiger partial charge >= 0.3 is 0 Å². The fourth-order valence-corrected chi connectivity index (χ4v) is 2.38. The molecule has 0 bridgehead atoms. The van der Waals surface area contributed by atoms with Crippen LogP contribution in [0.5, 0.6) is 11.5 Å². The first-order chi connectivity index (χ1) is 11.7. The molecule has 0 spiro atoms. The van der Waals surface area contributed by atoms with E-state index in [2.05, 4.69) is 30.4 Å². The minimum absolute atomic E-state index is 0.540. The molecule has 4 nitrogen and oxygen atoms in total. The smallest absolute Gasteiger partial charge is 0.161 e. The van der Waals surface area contributed by atoms with E-state index >= 15 is 0 Å². The summed E-state index contributed by atoms with van der Waals surface area (Å²) in [5.74, 6) is 1.57. The van der Waals surface area contributed by atoms with Crippen LogP contribution < -0.4 is 14.8 Å². The van der Waals surface area contributed by atoms with Gasteiger partial charge in [0.25, 0.3) is 0 Å². The fourth-order valence-electron chi connectivity index (χ4n) is 2.38. The summed E-state index contributed by atoms with van der Waals surface area (Å²) in [6.07, 6.45) is 0. The number of rotatable bonds is 10. The van der Waals surface area contributed by atoms with Crippen LogP contribution in [0, 0.1) is 6.92 Å². The van der Waals surface area contributed by atoms with Crippen molar-refractivity contribution in [2.75, 3.05) is 26.9 Å². The predicted molar refractivity (Wildman–Crippen MR) is 96.7 cm³/mol. The number of methoxy groups -OCH3 is 1. The lowest BCUT2D eigenvalue weighted by Crippen LogP contribution is -2.18. The summed E-state index contributed by atoms with van der Waals surface area (Å²) in [6.45, 7) is 7.54. The zero-order valence-corrected chi connectivity index (χ0v) is 14.8. The first-order valence-electron chi connectivity index (χ1n) is 8.37. The minimum Gasteiger partial charge on any atom is -0.490 e. The monoisotopic (exact) mass is 329 g/mol. The van der Waals surface area contributed by atoms with Crippen LogP contribution >= 0.6 is 0 Å². The normalized spacial score (nSPS) is 10.6. The second-order valence-corrected chi connectivity index (χ2v) is 5.60. The molecule has 0 aliphatic heterocycles. The van der Waals surface area contributed by atoms with Gasteiger partial charge in [0.15, 0.2) is 11.5 Å². The van der Waals surface area contributed by atoms with Crippen LogP contribution in [0.25, 0.3) is 0 Å². The average molecular weight is 329 g/mol. The Kier molecular flexibility index (Phi) is 7.59. The maximum Gasteiger partial charge on any atom is 0.161 e. The second kappa shape index (κ2) is 9.96. The van der Waals surface area contributed by atoms with Gasteiger partial charge in [-0.1, -0.05) is 30.3 Å². The minimum atomic E-state index is 0.540. The molecule has 0 amide bonds. The summed E-state index contributed by atoms with van der Waals surface area (Å²) in [4.78, 5) is 0. The van der Waals surface area contributed by atoms with E-state index < -0.39 is 0 Å². The van der Waals surface area contributed by atoms with Gasteiger partial charge in [-0.05, 0) is 42.7 Å². The Morgan fingerprint density at radius 2 is 1.83 bits per heavy atom. The number of hydrogen-bond acceptors (Lipinski definition) is 4. The van der Waals surface area contributed by atoms with Gasteiger partial charge in [-0.15, -0.1) is 0 Å². The number of aryl methyl sites for hydroxylation is 1. The lowest BCUT2D eigenvalue weighted by atomic mass is 10.1. The molecule has 0 aromatic heterocycles. The molecule has 0 heterocycles. The van der Waals surface area contributed by atoms with Crippen molar-refractivity contribution < 1.29 is 14.2 Å². The van der Waals surface area contributed by atoms with Gasteiger partial charge in [-0.2, -0.15) is 0 Å². The van der Waals surface area contributed by atoms with Gasteiger partial charge in [0.2, 0.25) is 0 Å². The molecule has 0 aliphatic carbocycles. The van der Waals surface area contributed by atoms with Crippen LogP contribution in [-0.4, -0.2) is 26.9 Å². The van der Waals surface area contributed by atoms with E-state index in [-0.39, 0.29) is 0 Å². The van der Waals surface area contributed by atoms with Gasteiger partial charge < -0.3 is 19.5 Å². The first kappa shape index (κ1) is 18.3. The first-order valence-corrected chi connectivity index (χ1v) is 8.37. The molecular formula is C20H27NO3. The Bertz CT molecular complexity index is 628. The van der Waals surface area contributed by atoms with E-state index in [1.165, 1.54) is 11.1 Å². The maximum absolute atomic E-state index is 5.99. The molecule has 1 N–H and O–H groups in total. The van der Waals surface area contributed by atoms with Gasteiger partial charge in [0.05, 0.1) is 13.2 Å². The molecule has 0 aliphatic rings. The van der Waals surface area contributed by atoms with E-state index in [0.717, 1.165) is 30.2 Å². The molecule has 24 heavy (non-hydrogen) atoms. The van der Waals surface area contributed by atoms with Crippen molar-refractivity contribution in [2.45, 2.75) is 27.0 Å². The largest absolute Gasteiger partial charge is 0.490 e. The molecule has 0 saturated carbocycles. The second-order valence-electron chi connectivity index (χ2n) is 5.60. The van der Waals surface area contributed by atoms with E-state index in [1.807, 2.05) is 31.2 Å². The molecule has 4 heteroatoms. The Balaban J connectivity index is 2.01. The zero-order valence-electron chi connectivity index (χ0n) is 14.8. The SMILES string of the molecule is CCOc1cc(CNCCOC)ccc1OCc1ccccc1C. The van der Waals surface area contributed by atoms with Crippen molar-refractivity contribution in [1.82, 2.24) is 5.32 Å². The predicted octanol–water partition coefficient (Wildman–Crippen LogP) is 3.71. The van der Waals surface area contributed by atoms with E-state index in [0.29, 0.717) is 19.8 Å². The topological polar surface area (TPSA) is 39.7 Å². The van der Waals surface area contributed by atoms with E-state index in [4.69, 9.17) is 14.2 Å². The molecule has 0 fully saturated rings. The summed E-state index contributed by atoms with van der Waals surface area (Å²) in [5.41, 5.74) is 3.58. The number of nitrogens with one attached hydrogen (secondary N) is 1. The highest BCUT2D eigenvalue weighted by molar-refractivity contribution is 5.43. The molecule has 2 rings (SSSR count). The van der Waals surface area contributed by atoms with Crippen molar-refractivity contribution in [1.29, 1.82) is 0 Å². The van der Waals surface area contributed by atoms with Gasteiger partial charge in [-0.3, -0.25) is 0 Å². The van der Waals surface area contributed by atoms with Crippen LogP contribution in [0.15, 0.2) is 42.5 Å². The molecule has 0 atom stereocenters. The molecule has 0 unspecified atom stereocenters. The Labute approximate surface area is 144 Å². The van der Waals surface area contributed by atoms with Crippen LogP contribution in [0.4, 0.5) is 0 Å². The number of ether oxygens (including phenoxy) is 3. The summed E-state index contributed by atoms with van der Waals surface area (Å²) in [5, 5.41) is 3.34. The summed E-state index contributed by atoms with van der Waals surface area (Å²) >= 11 is 0. The molecule has 2 aromatic rings. The van der Waals surface area contributed by atoms with E-state index in [9.17, 15) is 0 Å². The highest BCUT2D eigenvalue weighted by atomic mass is 16.5. The van der Waals surface area contributed by atoms with Crippen LogP contribution in [0.2, 0.25) is 0 Å². The quantitative estimate of drug-likeness (QED) is 0.675. The molecular weight excluding hydrogens is 302 g/mol. The maximum atomic E-state index is 5.99. The van der Waals surface area contributed by atoms with Gasteiger partial charge in [-0.25, -0.2) is 0 Å². The molecule has 130 valence electrons. The van der Waals surface area contributed by atoms with Gasteiger partial charge in [0.1, 0.15) is 6.61 Å². The lowest BCUT2D eigenvalue weighted by molar-refractivity contribution is 0.199. The van der Waals surface area contributed by atoms with Crippen LogP contribution in [-0.2, 0) is 17.9 Å². The standard InChI is InChI=1S/C20H27NO3/c1-4-23-20-13-17(14-21-11-12-22-3)9-10-19(20)24-15-18-8-6-5-7-16(18)2/h5-10,13,21H,4,11-12,14-15H2,1-3H3. The number of benzene rings is 2. The van der Waals surface area contributed by atoms with Gasteiger partial charge in [0, 0.05) is 20.2 Å².